The van der Waals surface area contributed by atoms with Gasteiger partial charge in [0.2, 0.25) is 0 Å². The van der Waals surface area contributed by atoms with Crippen molar-refractivity contribution in [3.63, 3.8) is 0 Å². The van der Waals surface area contributed by atoms with Crippen LogP contribution in [0.1, 0.15) is 49.4 Å². The molecule has 2 aromatic heterocycles. The Kier molecular flexibility index (Phi) is 5.26. The maximum atomic E-state index is 12.7. The van der Waals surface area contributed by atoms with Gasteiger partial charge in [0.25, 0.3) is 5.91 Å². The first-order valence-corrected chi connectivity index (χ1v) is 11.0. The van der Waals surface area contributed by atoms with Gasteiger partial charge < -0.3 is 5.32 Å². The molecule has 0 bridgehead atoms. The van der Waals surface area contributed by atoms with E-state index in [1.54, 1.807) is 10.7 Å². The van der Waals surface area contributed by atoms with Gasteiger partial charge in [-0.25, -0.2) is 18.1 Å². The second-order valence-electron chi connectivity index (χ2n) is 7.58. The largest absolute Gasteiger partial charge is 0.305 e. The standard InChI is InChI=1S/C17H20Cl2N4O3S/c1-17(2,3)12-8-14(23(22-12)10-6-7-27(25,26)9-10)21-16(24)15-11(18)4-5-13(19)20-15/h4-5,8,10H,6-7,9H2,1-3H3,(H,21,24). The van der Waals surface area contributed by atoms with Crippen LogP contribution in [-0.2, 0) is 15.3 Å². The lowest BCUT2D eigenvalue weighted by Crippen LogP contribution is -2.21. The molecule has 1 fully saturated rings. The fourth-order valence-corrected chi connectivity index (χ4v) is 4.88. The summed E-state index contributed by atoms with van der Waals surface area (Å²) in [5, 5.41) is 7.64. The van der Waals surface area contributed by atoms with Crippen LogP contribution in [0.25, 0.3) is 0 Å². The molecule has 0 radical (unpaired) electrons. The molecule has 0 spiro atoms. The molecule has 1 amide bonds. The predicted octanol–water partition coefficient (Wildman–Crippen LogP) is 3.49. The third-order valence-corrected chi connectivity index (χ3v) is 6.59. The van der Waals surface area contributed by atoms with E-state index < -0.39 is 15.7 Å². The number of hydrogen-bond acceptors (Lipinski definition) is 5. The van der Waals surface area contributed by atoms with Crippen LogP contribution in [0.3, 0.4) is 0 Å². The highest BCUT2D eigenvalue weighted by molar-refractivity contribution is 7.91. The smallest absolute Gasteiger partial charge is 0.277 e. The second-order valence-corrected chi connectivity index (χ2v) is 10.6. The van der Waals surface area contributed by atoms with Gasteiger partial charge in [0.05, 0.1) is 28.3 Å². The molecule has 10 heteroatoms. The number of carbonyl (C=O) groups is 1. The van der Waals surface area contributed by atoms with Gasteiger partial charge in [-0.05, 0) is 18.6 Å². The van der Waals surface area contributed by atoms with E-state index in [4.69, 9.17) is 23.2 Å². The van der Waals surface area contributed by atoms with Crippen molar-refractivity contribution in [2.45, 2.75) is 38.6 Å². The Morgan fingerprint density at radius 1 is 1.30 bits per heavy atom. The molecular formula is C17H20Cl2N4O3S. The molecule has 7 nitrogen and oxygen atoms in total. The lowest BCUT2D eigenvalue weighted by atomic mass is 9.92. The minimum Gasteiger partial charge on any atom is -0.305 e. The highest BCUT2D eigenvalue weighted by Gasteiger charge is 2.33. The van der Waals surface area contributed by atoms with Crippen LogP contribution in [0, 0.1) is 0 Å². The van der Waals surface area contributed by atoms with E-state index in [-0.39, 0.29) is 38.8 Å². The monoisotopic (exact) mass is 430 g/mol. The molecule has 3 heterocycles. The van der Waals surface area contributed by atoms with E-state index >= 15 is 0 Å². The minimum atomic E-state index is -3.10. The van der Waals surface area contributed by atoms with Gasteiger partial charge >= 0.3 is 0 Å². The summed E-state index contributed by atoms with van der Waals surface area (Å²) in [5.74, 6) is -0.0239. The topological polar surface area (TPSA) is 94.0 Å². The van der Waals surface area contributed by atoms with Crippen LogP contribution in [0.15, 0.2) is 18.2 Å². The normalized spacial score (nSPS) is 19.2. The molecule has 27 heavy (non-hydrogen) atoms. The summed E-state index contributed by atoms with van der Waals surface area (Å²) in [6.07, 6.45) is 0.451. The molecule has 1 aliphatic rings. The molecule has 0 aromatic carbocycles. The number of amides is 1. The van der Waals surface area contributed by atoms with Crippen molar-refractivity contribution in [3.05, 3.63) is 39.8 Å². The number of carbonyl (C=O) groups excluding carboxylic acids is 1. The van der Waals surface area contributed by atoms with Gasteiger partial charge in [-0.2, -0.15) is 5.10 Å². The van der Waals surface area contributed by atoms with Crippen LogP contribution in [0.4, 0.5) is 5.82 Å². The zero-order chi connectivity index (χ0) is 20.0. The van der Waals surface area contributed by atoms with Crippen molar-refractivity contribution >= 4 is 44.8 Å². The summed E-state index contributed by atoms with van der Waals surface area (Å²) in [6, 6.07) is 4.41. The van der Waals surface area contributed by atoms with Crippen molar-refractivity contribution in [3.8, 4) is 0 Å². The van der Waals surface area contributed by atoms with Crippen LogP contribution >= 0.6 is 23.2 Å². The fraction of sp³-hybridized carbons (Fsp3) is 0.471. The summed E-state index contributed by atoms with van der Waals surface area (Å²) in [7, 11) is -3.10. The summed E-state index contributed by atoms with van der Waals surface area (Å²) in [5.41, 5.74) is 0.467. The number of aromatic nitrogens is 3. The lowest BCUT2D eigenvalue weighted by molar-refractivity contribution is 0.102. The third-order valence-electron chi connectivity index (χ3n) is 4.33. The maximum absolute atomic E-state index is 12.7. The van der Waals surface area contributed by atoms with E-state index in [0.29, 0.717) is 12.2 Å². The van der Waals surface area contributed by atoms with Gasteiger partial charge in [0, 0.05) is 11.5 Å². The third kappa shape index (κ3) is 4.44. The van der Waals surface area contributed by atoms with Gasteiger partial charge in [0.1, 0.15) is 16.7 Å². The lowest BCUT2D eigenvalue weighted by Gasteiger charge is -2.15. The van der Waals surface area contributed by atoms with Crippen LogP contribution in [0.5, 0.6) is 0 Å². The molecule has 1 saturated heterocycles. The zero-order valence-corrected chi connectivity index (χ0v) is 17.5. The quantitative estimate of drug-likeness (QED) is 0.751. The van der Waals surface area contributed by atoms with Crippen molar-refractivity contribution in [2.24, 2.45) is 0 Å². The number of nitrogens with one attached hydrogen (secondary N) is 1. The number of sulfone groups is 1. The molecule has 1 atom stereocenters. The Morgan fingerprint density at radius 3 is 2.59 bits per heavy atom. The Labute approximate surface area is 168 Å². The highest BCUT2D eigenvalue weighted by Crippen LogP contribution is 2.31. The predicted molar refractivity (Wildman–Crippen MR) is 105 cm³/mol. The Balaban J connectivity index is 1.97. The molecule has 1 N–H and O–H groups in total. The van der Waals surface area contributed by atoms with Crippen LogP contribution < -0.4 is 5.32 Å². The summed E-state index contributed by atoms with van der Waals surface area (Å²) >= 11 is 11.9. The molecule has 1 unspecified atom stereocenters. The number of hydrogen-bond donors (Lipinski definition) is 1. The summed E-state index contributed by atoms with van der Waals surface area (Å²) < 4.78 is 25.4. The number of nitrogens with zero attached hydrogens (tertiary/aromatic N) is 3. The molecular weight excluding hydrogens is 411 g/mol. The van der Waals surface area contributed by atoms with Gasteiger partial charge in [-0.15, -0.1) is 0 Å². The van der Waals surface area contributed by atoms with Crippen LogP contribution in [-0.4, -0.2) is 40.6 Å². The van der Waals surface area contributed by atoms with E-state index in [0.717, 1.165) is 5.69 Å². The Bertz CT molecular complexity index is 996. The van der Waals surface area contributed by atoms with Crippen molar-refractivity contribution in [2.75, 3.05) is 16.8 Å². The van der Waals surface area contributed by atoms with Gasteiger partial charge in [0.15, 0.2) is 9.84 Å². The van der Waals surface area contributed by atoms with Crippen LogP contribution in [0.2, 0.25) is 10.2 Å². The molecule has 2 aromatic rings. The molecule has 1 aliphatic heterocycles. The first-order chi connectivity index (χ1) is 12.5. The van der Waals surface area contributed by atoms with Crippen molar-refractivity contribution in [1.29, 1.82) is 0 Å². The fourth-order valence-electron chi connectivity index (χ4n) is 2.85. The Morgan fingerprint density at radius 2 is 2.00 bits per heavy atom. The zero-order valence-electron chi connectivity index (χ0n) is 15.2. The van der Waals surface area contributed by atoms with E-state index in [9.17, 15) is 13.2 Å². The molecule has 3 rings (SSSR count). The average molecular weight is 431 g/mol. The number of anilines is 1. The van der Waals surface area contributed by atoms with Crippen molar-refractivity contribution < 1.29 is 13.2 Å². The van der Waals surface area contributed by atoms with Gasteiger partial charge in [-0.3, -0.25) is 4.79 Å². The first-order valence-electron chi connectivity index (χ1n) is 8.40. The number of halogens is 2. The van der Waals surface area contributed by atoms with Crippen molar-refractivity contribution in [1.82, 2.24) is 14.8 Å². The first kappa shape index (κ1) is 20.1. The molecule has 0 saturated carbocycles. The summed E-state index contributed by atoms with van der Waals surface area (Å²) in [6.45, 7) is 5.98. The number of rotatable bonds is 3. The van der Waals surface area contributed by atoms with Gasteiger partial charge in [-0.1, -0.05) is 44.0 Å². The maximum Gasteiger partial charge on any atom is 0.277 e. The second kappa shape index (κ2) is 7.07. The molecule has 0 aliphatic carbocycles. The SMILES string of the molecule is CC(C)(C)c1cc(NC(=O)c2nc(Cl)ccc2Cl)n(C2CCS(=O)(=O)C2)n1. The van der Waals surface area contributed by atoms with E-state index in [2.05, 4.69) is 15.4 Å². The Hall–Kier alpha value is -1.64. The minimum absolute atomic E-state index is 0.00267. The summed E-state index contributed by atoms with van der Waals surface area (Å²) in [4.78, 5) is 16.6. The van der Waals surface area contributed by atoms with E-state index in [1.807, 2.05) is 20.8 Å². The average Bonchev–Trinajstić information content (AvgIpc) is 3.12. The van der Waals surface area contributed by atoms with E-state index in [1.165, 1.54) is 12.1 Å². The number of pyridine rings is 1. The highest BCUT2D eigenvalue weighted by atomic mass is 35.5. The molecule has 146 valence electrons.